The number of hydrogen-bond donors (Lipinski definition) is 2. The van der Waals surface area contributed by atoms with Gasteiger partial charge in [-0.25, -0.2) is 0 Å². The van der Waals surface area contributed by atoms with E-state index in [1.807, 2.05) is 36.4 Å². The number of aromatic nitrogens is 3. The molecule has 3 aromatic rings. The van der Waals surface area contributed by atoms with Crippen molar-refractivity contribution in [1.29, 1.82) is 0 Å². The summed E-state index contributed by atoms with van der Waals surface area (Å²) in [5, 5.41) is 14.4. The van der Waals surface area contributed by atoms with E-state index in [-0.39, 0.29) is 0 Å². The molecule has 0 aliphatic heterocycles. The Kier molecular flexibility index (Phi) is 5.05. The van der Waals surface area contributed by atoms with E-state index in [1.54, 1.807) is 6.20 Å². The van der Waals surface area contributed by atoms with E-state index in [0.717, 1.165) is 15.8 Å². The van der Waals surface area contributed by atoms with Crippen LogP contribution in [0.2, 0.25) is 0 Å². The van der Waals surface area contributed by atoms with Gasteiger partial charge < -0.3 is 10.6 Å². The van der Waals surface area contributed by atoms with E-state index in [1.165, 1.54) is 5.56 Å². The third kappa shape index (κ3) is 4.29. The molecule has 0 atom stereocenters. The van der Waals surface area contributed by atoms with Crippen molar-refractivity contribution in [2.75, 3.05) is 10.6 Å². The Morgan fingerprint density at radius 3 is 2.46 bits per heavy atom. The lowest BCUT2D eigenvalue weighted by atomic mass is 10.0. The molecule has 0 saturated heterocycles. The van der Waals surface area contributed by atoms with Crippen LogP contribution >= 0.6 is 15.9 Å². The Morgan fingerprint density at radius 2 is 1.75 bits per heavy atom. The van der Waals surface area contributed by atoms with Crippen LogP contribution in [0, 0.1) is 0 Å². The Labute approximate surface area is 149 Å². The molecule has 1 heterocycles. The minimum Gasteiger partial charge on any atom is -0.339 e. The summed E-state index contributed by atoms with van der Waals surface area (Å²) >= 11 is 3.45. The average molecular weight is 384 g/mol. The molecule has 0 aliphatic carbocycles. The van der Waals surface area contributed by atoms with Gasteiger partial charge in [0.2, 0.25) is 5.95 Å². The minimum atomic E-state index is 0.451. The van der Waals surface area contributed by atoms with E-state index in [2.05, 4.69) is 67.7 Å². The molecule has 2 aromatic carbocycles. The van der Waals surface area contributed by atoms with Crippen LogP contribution in [0.5, 0.6) is 0 Å². The van der Waals surface area contributed by atoms with Gasteiger partial charge in [0.15, 0.2) is 5.82 Å². The predicted molar refractivity (Wildman–Crippen MR) is 101 cm³/mol. The second kappa shape index (κ2) is 7.40. The fourth-order valence-corrected chi connectivity index (χ4v) is 2.61. The van der Waals surface area contributed by atoms with Crippen LogP contribution in [0.3, 0.4) is 0 Å². The largest absolute Gasteiger partial charge is 0.339 e. The molecule has 3 rings (SSSR count). The standard InChI is InChI=1S/C18H18BrN5/c1-12(2)13-6-8-15(9-7-13)22-18-23-17(11-20-24-18)21-16-5-3-4-14(19)10-16/h3-12H,1-2H3,(H2,21,22,23,24). The lowest BCUT2D eigenvalue weighted by molar-refractivity contribution is 0.867. The summed E-state index contributed by atoms with van der Waals surface area (Å²) in [7, 11) is 0. The molecule has 1 aromatic heterocycles. The molecule has 0 radical (unpaired) electrons. The van der Waals surface area contributed by atoms with Gasteiger partial charge in [-0.2, -0.15) is 10.1 Å². The molecule has 0 aliphatic rings. The van der Waals surface area contributed by atoms with E-state index in [9.17, 15) is 0 Å². The molecule has 0 amide bonds. The molecule has 0 fully saturated rings. The van der Waals surface area contributed by atoms with Crippen LogP contribution < -0.4 is 10.6 Å². The van der Waals surface area contributed by atoms with Crippen molar-refractivity contribution in [2.24, 2.45) is 0 Å². The van der Waals surface area contributed by atoms with Gasteiger partial charge >= 0.3 is 0 Å². The number of halogens is 1. The third-order valence-corrected chi connectivity index (χ3v) is 3.98. The first-order valence-corrected chi connectivity index (χ1v) is 8.49. The summed E-state index contributed by atoms with van der Waals surface area (Å²) in [6.07, 6.45) is 1.59. The first kappa shape index (κ1) is 16.4. The monoisotopic (exact) mass is 383 g/mol. The van der Waals surface area contributed by atoms with Gasteiger partial charge in [0, 0.05) is 15.8 Å². The topological polar surface area (TPSA) is 62.7 Å². The molecule has 24 heavy (non-hydrogen) atoms. The predicted octanol–water partition coefficient (Wildman–Crippen LogP) is 5.24. The first-order chi connectivity index (χ1) is 11.6. The third-order valence-electron chi connectivity index (χ3n) is 3.49. The van der Waals surface area contributed by atoms with Crippen LogP contribution in [-0.2, 0) is 0 Å². The van der Waals surface area contributed by atoms with Crippen molar-refractivity contribution in [2.45, 2.75) is 19.8 Å². The zero-order valence-corrected chi connectivity index (χ0v) is 15.1. The smallest absolute Gasteiger partial charge is 0.249 e. The number of nitrogens with one attached hydrogen (secondary N) is 2. The number of rotatable bonds is 5. The molecule has 0 spiro atoms. The van der Waals surface area contributed by atoms with E-state index >= 15 is 0 Å². The molecule has 0 unspecified atom stereocenters. The molecule has 2 N–H and O–H groups in total. The average Bonchev–Trinajstić information content (AvgIpc) is 2.56. The van der Waals surface area contributed by atoms with E-state index in [0.29, 0.717) is 17.7 Å². The summed E-state index contributed by atoms with van der Waals surface area (Å²) in [4.78, 5) is 4.44. The van der Waals surface area contributed by atoms with Crippen LogP contribution in [0.1, 0.15) is 25.3 Å². The van der Waals surface area contributed by atoms with Crippen molar-refractivity contribution in [3.63, 3.8) is 0 Å². The number of anilines is 4. The van der Waals surface area contributed by atoms with Crippen molar-refractivity contribution < 1.29 is 0 Å². The van der Waals surface area contributed by atoms with Crippen LogP contribution in [0.25, 0.3) is 0 Å². The highest BCUT2D eigenvalue weighted by molar-refractivity contribution is 9.10. The fraction of sp³-hybridized carbons (Fsp3) is 0.167. The van der Waals surface area contributed by atoms with Gasteiger partial charge in [0.05, 0.1) is 6.20 Å². The highest BCUT2D eigenvalue weighted by Gasteiger charge is 2.04. The molecule has 5 nitrogen and oxygen atoms in total. The van der Waals surface area contributed by atoms with Gasteiger partial charge in [-0.15, -0.1) is 5.10 Å². The van der Waals surface area contributed by atoms with Gasteiger partial charge in [0.1, 0.15) is 0 Å². The summed E-state index contributed by atoms with van der Waals surface area (Å²) in [5.41, 5.74) is 3.16. The number of hydrogen-bond acceptors (Lipinski definition) is 5. The van der Waals surface area contributed by atoms with Crippen molar-refractivity contribution in [1.82, 2.24) is 15.2 Å². The molecule has 122 valence electrons. The Bertz CT molecular complexity index is 818. The molecular formula is C18H18BrN5. The minimum absolute atomic E-state index is 0.451. The molecule has 0 saturated carbocycles. The Morgan fingerprint density at radius 1 is 0.958 bits per heavy atom. The normalized spacial score (nSPS) is 10.7. The zero-order valence-electron chi connectivity index (χ0n) is 13.5. The van der Waals surface area contributed by atoms with Gasteiger partial charge in [0.25, 0.3) is 0 Å². The zero-order chi connectivity index (χ0) is 16.9. The van der Waals surface area contributed by atoms with Gasteiger partial charge in [-0.3, -0.25) is 0 Å². The van der Waals surface area contributed by atoms with E-state index in [4.69, 9.17) is 0 Å². The second-order valence-electron chi connectivity index (χ2n) is 5.70. The maximum absolute atomic E-state index is 4.44. The highest BCUT2D eigenvalue weighted by Crippen LogP contribution is 2.21. The maximum Gasteiger partial charge on any atom is 0.249 e. The highest BCUT2D eigenvalue weighted by atomic mass is 79.9. The van der Waals surface area contributed by atoms with Crippen molar-refractivity contribution in [3.8, 4) is 0 Å². The number of benzene rings is 2. The Balaban J connectivity index is 1.73. The lowest BCUT2D eigenvalue weighted by Crippen LogP contribution is -2.02. The van der Waals surface area contributed by atoms with Gasteiger partial charge in [-0.05, 0) is 41.8 Å². The quantitative estimate of drug-likeness (QED) is 0.630. The summed E-state index contributed by atoms with van der Waals surface area (Å²) in [6, 6.07) is 16.1. The molecule has 6 heteroatoms. The molecular weight excluding hydrogens is 366 g/mol. The summed E-state index contributed by atoms with van der Waals surface area (Å²) in [6.45, 7) is 4.35. The summed E-state index contributed by atoms with van der Waals surface area (Å²) in [5.74, 6) is 1.59. The first-order valence-electron chi connectivity index (χ1n) is 7.69. The Hall–Kier alpha value is -2.47. The van der Waals surface area contributed by atoms with Crippen LogP contribution in [0.4, 0.5) is 23.1 Å². The fourth-order valence-electron chi connectivity index (χ4n) is 2.21. The summed E-state index contributed by atoms with van der Waals surface area (Å²) < 4.78 is 0.998. The van der Waals surface area contributed by atoms with Crippen molar-refractivity contribution >= 4 is 39.1 Å². The molecule has 0 bridgehead atoms. The second-order valence-corrected chi connectivity index (χ2v) is 6.62. The van der Waals surface area contributed by atoms with Crippen LogP contribution in [-0.4, -0.2) is 15.2 Å². The van der Waals surface area contributed by atoms with Gasteiger partial charge in [-0.1, -0.05) is 48.0 Å². The maximum atomic E-state index is 4.44. The SMILES string of the molecule is CC(C)c1ccc(Nc2nncc(Nc3cccc(Br)c3)n2)cc1. The number of nitrogens with zero attached hydrogens (tertiary/aromatic N) is 3. The van der Waals surface area contributed by atoms with Crippen molar-refractivity contribution in [3.05, 3.63) is 64.8 Å². The van der Waals surface area contributed by atoms with E-state index < -0.39 is 0 Å². The lowest BCUT2D eigenvalue weighted by Gasteiger charge is -2.09. The van der Waals surface area contributed by atoms with Crippen LogP contribution in [0.15, 0.2) is 59.2 Å².